The van der Waals surface area contributed by atoms with Crippen molar-refractivity contribution in [3.8, 4) is 0 Å². The van der Waals surface area contributed by atoms with E-state index in [9.17, 15) is 9.59 Å². The average molecular weight is 361 g/mol. The Morgan fingerprint density at radius 2 is 2.08 bits per heavy atom. The van der Waals surface area contributed by atoms with E-state index >= 15 is 0 Å². The molecule has 0 radical (unpaired) electrons. The fourth-order valence-corrected chi connectivity index (χ4v) is 2.73. The zero-order chi connectivity index (χ0) is 18.1. The molecule has 0 aliphatic carbocycles. The predicted octanol–water partition coefficient (Wildman–Crippen LogP) is 1.90. The molecular weight excluding hydrogens is 338 g/mol. The monoisotopic (exact) mass is 361 g/mol. The van der Waals surface area contributed by atoms with Gasteiger partial charge in [0.2, 0.25) is 5.91 Å². The molecule has 7 nitrogen and oxygen atoms in total. The zero-order valence-corrected chi connectivity index (χ0v) is 15.1. The van der Waals surface area contributed by atoms with Crippen LogP contribution in [0.2, 0.25) is 0 Å². The van der Waals surface area contributed by atoms with E-state index in [2.05, 4.69) is 33.1 Å². The summed E-state index contributed by atoms with van der Waals surface area (Å²) in [6.45, 7) is 2.13. The molecule has 2 rings (SSSR count). The molecule has 25 heavy (non-hydrogen) atoms. The van der Waals surface area contributed by atoms with Crippen LogP contribution < -0.4 is 16.1 Å². The number of amides is 2. The number of hydrazone groups is 1. The van der Waals surface area contributed by atoms with E-state index in [1.54, 1.807) is 24.5 Å². The van der Waals surface area contributed by atoms with Gasteiger partial charge in [0.05, 0.1) is 0 Å². The van der Waals surface area contributed by atoms with E-state index in [-0.39, 0.29) is 17.9 Å². The van der Waals surface area contributed by atoms with Crippen molar-refractivity contribution >= 4 is 34.9 Å². The molecule has 0 spiro atoms. The number of rotatable bonds is 9. The number of unbranched alkanes of at least 4 members (excludes halogenated alkanes) is 2. The van der Waals surface area contributed by atoms with E-state index in [0.29, 0.717) is 23.5 Å². The van der Waals surface area contributed by atoms with Crippen molar-refractivity contribution in [1.29, 1.82) is 0 Å². The van der Waals surface area contributed by atoms with Crippen molar-refractivity contribution < 1.29 is 9.59 Å². The highest BCUT2D eigenvalue weighted by molar-refractivity contribution is 7.80. The minimum absolute atomic E-state index is 0.112. The van der Waals surface area contributed by atoms with Gasteiger partial charge in [-0.15, -0.1) is 0 Å². The summed E-state index contributed by atoms with van der Waals surface area (Å²) in [6, 6.07) is 2.93. The number of pyridine rings is 1. The molecule has 0 aromatic carbocycles. The SMILES string of the molecule is CCCCC/C(CCC1NC(=S)NC1=O)=N/NC(=O)c1ccncc1. The Hall–Kier alpha value is -2.35. The van der Waals surface area contributed by atoms with Crippen LogP contribution in [0.1, 0.15) is 55.8 Å². The first-order chi connectivity index (χ1) is 12.1. The van der Waals surface area contributed by atoms with E-state index in [4.69, 9.17) is 12.2 Å². The number of carbonyl (C=O) groups excluding carboxylic acids is 2. The number of hydrogen-bond donors (Lipinski definition) is 3. The van der Waals surface area contributed by atoms with E-state index in [0.717, 1.165) is 31.4 Å². The summed E-state index contributed by atoms with van der Waals surface area (Å²) in [7, 11) is 0. The minimum atomic E-state index is -0.334. The quantitative estimate of drug-likeness (QED) is 0.270. The van der Waals surface area contributed by atoms with Crippen LogP contribution in [0, 0.1) is 0 Å². The molecule has 2 heterocycles. The van der Waals surface area contributed by atoms with E-state index in [1.165, 1.54) is 0 Å². The fraction of sp³-hybridized carbons (Fsp3) is 0.471. The fourth-order valence-electron chi connectivity index (χ4n) is 2.49. The van der Waals surface area contributed by atoms with Gasteiger partial charge in [-0.05, 0) is 50.0 Å². The first kappa shape index (κ1) is 19.0. The Labute approximate surface area is 152 Å². The van der Waals surface area contributed by atoms with Crippen molar-refractivity contribution in [2.45, 2.75) is 51.5 Å². The van der Waals surface area contributed by atoms with Crippen LogP contribution in [-0.4, -0.2) is 33.7 Å². The number of carbonyl (C=O) groups is 2. The molecule has 1 aromatic heterocycles. The van der Waals surface area contributed by atoms with Gasteiger partial charge in [-0.2, -0.15) is 5.10 Å². The van der Waals surface area contributed by atoms with Gasteiger partial charge in [-0.3, -0.25) is 14.6 Å². The third kappa shape index (κ3) is 6.22. The lowest BCUT2D eigenvalue weighted by atomic mass is 10.0. The normalized spacial score (nSPS) is 17.2. The van der Waals surface area contributed by atoms with Crippen molar-refractivity contribution in [1.82, 2.24) is 21.0 Å². The number of nitrogens with one attached hydrogen (secondary N) is 3. The van der Waals surface area contributed by atoms with E-state index < -0.39 is 0 Å². The number of nitrogens with zero attached hydrogens (tertiary/aromatic N) is 2. The second kappa shape index (κ2) is 9.83. The van der Waals surface area contributed by atoms with Crippen LogP contribution in [-0.2, 0) is 4.79 Å². The first-order valence-corrected chi connectivity index (χ1v) is 8.88. The summed E-state index contributed by atoms with van der Waals surface area (Å²) in [5, 5.41) is 10.2. The Bertz CT molecular complexity index is 648. The van der Waals surface area contributed by atoms with Crippen molar-refractivity contribution in [3.63, 3.8) is 0 Å². The van der Waals surface area contributed by atoms with Gasteiger partial charge in [0, 0.05) is 23.7 Å². The summed E-state index contributed by atoms with van der Waals surface area (Å²) >= 11 is 4.94. The second-order valence-electron chi connectivity index (χ2n) is 5.87. The molecule has 2 amide bonds. The molecule has 3 N–H and O–H groups in total. The van der Waals surface area contributed by atoms with Crippen LogP contribution in [0.5, 0.6) is 0 Å². The Kier molecular flexibility index (Phi) is 7.46. The maximum Gasteiger partial charge on any atom is 0.271 e. The molecular formula is C17H23N5O2S. The highest BCUT2D eigenvalue weighted by Crippen LogP contribution is 2.09. The lowest BCUT2D eigenvalue weighted by Crippen LogP contribution is -2.29. The van der Waals surface area contributed by atoms with Gasteiger partial charge in [-0.25, -0.2) is 5.43 Å². The van der Waals surface area contributed by atoms with Crippen LogP contribution in [0.15, 0.2) is 29.6 Å². The van der Waals surface area contributed by atoms with Gasteiger partial charge >= 0.3 is 0 Å². The van der Waals surface area contributed by atoms with Crippen molar-refractivity contribution in [2.75, 3.05) is 0 Å². The highest BCUT2D eigenvalue weighted by Gasteiger charge is 2.26. The lowest BCUT2D eigenvalue weighted by molar-refractivity contribution is -0.120. The highest BCUT2D eigenvalue weighted by atomic mass is 32.1. The lowest BCUT2D eigenvalue weighted by Gasteiger charge is -2.10. The summed E-state index contributed by atoms with van der Waals surface area (Å²) < 4.78 is 0. The molecule has 1 unspecified atom stereocenters. The van der Waals surface area contributed by atoms with Crippen LogP contribution in [0.25, 0.3) is 0 Å². The molecule has 1 aliphatic heterocycles. The maximum atomic E-state index is 12.1. The molecule has 0 bridgehead atoms. The average Bonchev–Trinajstić information content (AvgIpc) is 2.94. The second-order valence-corrected chi connectivity index (χ2v) is 6.27. The molecule has 134 valence electrons. The Balaban J connectivity index is 1.93. The molecule has 1 aliphatic rings. The van der Waals surface area contributed by atoms with Crippen molar-refractivity contribution in [2.24, 2.45) is 5.10 Å². The Morgan fingerprint density at radius 1 is 1.32 bits per heavy atom. The number of thiocarbonyl (C=S) groups is 1. The third-order valence-electron chi connectivity index (χ3n) is 3.91. The number of aromatic nitrogens is 1. The standard InChI is InChI=1S/C17H23N5O2S/c1-2-3-4-5-13(6-7-14-16(24)20-17(25)19-14)21-22-15(23)12-8-10-18-11-9-12/h8-11,14H,2-7H2,1H3,(H,22,23)(H2,19,20,24,25)/b21-13-. The largest absolute Gasteiger partial charge is 0.351 e. The molecule has 1 fully saturated rings. The summed E-state index contributed by atoms with van der Waals surface area (Å²) in [4.78, 5) is 27.7. The van der Waals surface area contributed by atoms with Crippen LogP contribution in [0.4, 0.5) is 0 Å². The van der Waals surface area contributed by atoms with Crippen LogP contribution >= 0.6 is 12.2 Å². The predicted molar refractivity (Wildman–Crippen MR) is 100 cm³/mol. The van der Waals surface area contributed by atoms with Crippen LogP contribution in [0.3, 0.4) is 0 Å². The molecule has 8 heteroatoms. The summed E-state index contributed by atoms with van der Waals surface area (Å²) in [6.07, 6.45) is 8.34. The maximum absolute atomic E-state index is 12.1. The molecule has 1 saturated heterocycles. The smallest absolute Gasteiger partial charge is 0.271 e. The zero-order valence-electron chi connectivity index (χ0n) is 14.2. The minimum Gasteiger partial charge on any atom is -0.351 e. The molecule has 1 atom stereocenters. The molecule has 1 aromatic rings. The van der Waals surface area contributed by atoms with Gasteiger partial charge < -0.3 is 10.6 Å². The summed E-state index contributed by atoms with van der Waals surface area (Å²) in [5.41, 5.74) is 3.98. The topological polar surface area (TPSA) is 95.5 Å². The van der Waals surface area contributed by atoms with Gasteiger partial charge in [-0.1, -0.05) is 19.8 Å². The Morgan fingerprint density at radius 3 is 2.72 bits per heavy atom. The van der Waals surface area contributed by atoms with Gasteiger partial charge in [0.15, 0.2) is 5.11 Å². The van der Waals surface area contributed by atoms with Gasteiger partial charge in [0.25, 0.3) is 5.91 Å². The third-order valence-corrected chi connectivity index (χ3v) is 4.13. The number of hydrogen-bond acceptors (Lipinski definition) is 5. The van der Waals surface area contributed by atoms with Gasteiger partial charge in [0.1, 0.15) is 6.04 Å². The van der Waals surface area contributed by atoms with Crippen molar-refractivity contribution in [3.05, 3.63) is 30.1 Å². The van der Waals surface area contributed by atoms with E-state index in [1.807, 2.05) is 0 Å². The molecule has 0 saturated carbocycles. The first-order valence-electron chi connectivity index (χ1n) is 8.47. The summed E-state index contributed by atoms with van der Waals surface area (Å²) in [5.74, 6) is -0.382.